The van der Waals surface area contributed by atoms with Crippen LogP contribution in [0.3, 0.4) is 0 Å². The Morgan fingerprint density at radius 2 is 1.88 bits per heavy atom. The molecule has 0 spiro atoms. The molecule has 0 saturated heterocycles. The van der Waals surface area contributed by atoms with Crippen molar-refractivity contribution in [3.8, 4) is 6.07 Å². The molecule has 4 nitrogen and oxygen atoms in total. The number of nitrogens with one attached hydrogen (secondary N) is 1. The van der Waals surface area contributed by atoms with Crippen molar-refractivity contribution < 1.29 is 18.0 Å². The Hall–Kier alpha value is -2.85. The van der Waals surface area contributed by atoms with Gasteiger partial charge in [0.25, 0.3) is 0 Å². The summed E-state index contributed by atoms with van der Waals surface area (Å²) in [5.41, 5.74) is 0.937. The Kier molecular flexibility index (Phi) is 5.78. The first-order valence-corrected chi connectivity index (χ1v) is 7.42. The lowest BCUT2D eigenvalue weighted by Gasteiger charge is -2.17. The highest BCUT2D eigenvalue weighted by molar-refractivity contribution is 5.92. The zero-order valence-corrected chi connectivity index (χ0v) is 13.5. The molecule has 2 rings (SSSR count). The topological polar surface area (TPSA) is 56.1 Å². The maximum Gasteiger partial charge on any atom is 0.416 e. The number of hydrogen-bond acceptors (Lipinski definition) is 3. The summed E-state index contributed by atoms with van der Waals surface area (Å²) in [6.45, 7) is 0.404. The fourth-order valence-electron chi connectivity index (χ4n) is 2.28. The van der Waals surface area contributed by atoms with Gasteiger partial charge in [-0.2, -0.15) is 18.4 Å². The van der Waals surface area contributed by atoms with Gasteiger partial charge in [-0.25, -0.2) is 0 Å². The number of anilines is 1. The second-order valence-electron chi connectivity index (χ2n) is 5.61. The number of nitrogens with zero attached hydrogens (tertiary/aromatic N) is 2. The fourth-order valence-corrected chi connectivity index (χ4v) is 2.28. The lowest BCUT2D eigenvalue weighted by Crippen LogP contribution is -2.29. The van der Waals surface area contributed by atoms with Crippen LogP contribution in [0.2, 0.25) is 0 Å². The van der Waals surface area contributed by atoms with Gasteiger partial charge in [0.05, 0.1) is 23.7 Å². The van der Waals surface area contributed by atoms with E-state index in [9.17, 15) is 18.0 Å². The number of rotatable bonds is 5. The highest BCUT2D eigenvalue weighted by Gasteiger charge is 2.29. The third-order valence-corrected chi connectivity index (χ3v) is 3.42. The molecule has 0 fully saturated rings. The summed E-state index contributed by atoms with van der Waals surface area (Å²) in [5.74, 6) is -0.274. The molecule has 7 heteroatoms. The second kappa shape index (κ2) is 7.81. The molecule has 0 aliphatic heterocycles. The number of likely N-dealkylation sites (N-methyl/N-ethyl adjacent to an activating group) is 1. The maximum absolute atomic E-state index is 12.5. The molecule has 2 aromatic rings. The molecular formula is C18H16F3N3O. The quantitative estimate of drug-likeness (QED) is 0.898. The number of amides is 1. The lowest BCUT2D eigenvalue weighted by molar-refractivity contribution is -0.137. The summed E-state index contributed by atoms with van der Waals surface area (Å²) in [4.78, 5) is 13.7. The summed E-state index contributed by atoms with van der Waals surface area (Å²) in [7, 11) is 1.70. The minimum Gasteiger partial charge on any atom is -0.325 e. The van der Waals surface area contributed by atoms with Crippen LogP contribution < -0.4 is 5.32 Å². The normalized spacial score (nSPS) is 11.2. The third-order valence-electron chi connectivity index (χ3n) is 3.42. The van der Waals surface area contributed by atoms with Crippen molar-refractivity contribution in [2.45, 2.75) is 12.7 Å². The Balaban J connectivity index is 1.90. The van der Waals surface area contributed by atoms with Crippen molar-refractivity contribution in [3.63, 3.8) is 0 Å². The Morgan fingerprint density at radius 3 is 2.48 bits per heavy atom. The monoisotopic (exact) mass is 347 g/mol. The van der Waals surface area contributed by atoms with Gasteiger partial charge in [-0.3, -0.25) is 9.69 Å². The molecular weight excluding hydrogens is 331 g/mol. The SMILES string of the molecule is CN(CC(=O)Nc1cccc(C#N)c1)Cc1ccc(C(F)(F)F)cc1. The summed E-state index contributed by atoms with van der Waals surface area (Å²) in [6.07, 6.45) is -4.36. The zero-order valence-electron chi connectivity index (χ0n) is 13.5. The molecule has 0 aliphatic rings. The molecule has 0 atom stereocenters. The largest absolute Gasteiger partial charge is 0.416 e. The van der Waals surface area contributed by atoms with Crippen LogP contribution in [-0.4, -0.2) is 24.4 Å². The second-order valence-corrected chi connectivity index (χ2v) is 5.61. The van der Waals surface area contributed by atoms with E-state index >= 15 is 0 Å². The van der Waals surface area contributed by atoms with Gasteiger partial charge in [0, 0.05) is 12.2 Å². The smallest absolute Gasteiger partial charge is 0.325 e. The van der Waals surface area contributed by atoms with Crippen molar-refractivity contribution in [1.29, 1.82) is 5.26 Å². The summed E-state index contributed by atoms with van der Waals surface area (Å²) in [6, 6.07) is 13.4. The molecule has 2 aromatic carbocycles. The van der Waals surface area contributed by atoms with Gasteiger partial charge in [0.15, 0.2) is 0 Å². The fraction of sp³-hybridized carbons (Fsp3) is 0.222. The average Bonchev–Trinajstić information content (AvgIpc) is 2.54. The van der Waals surface area contributed by atoms with E-state index < -0.39 is 11.7 Å². The molecule has 0 bridgehead atoms. The van der Waals surface area contributed by atoms with Crippen molar-refractivity contribution in [2.24, 2.45) is 0 Å². The molecule has 1 N–H and O–H groups in total. The maximum atomic E-state index is 12.5. The molecule has 0 heterocycles. The van der Waals surface area contributed by atoms with E-state index in [-0.39, 0.29) is 12.5 Å². The van der Waals surface area contributed by atoms with Crippen LogP contribution in [0.1, 0.15) is 16.7 Å². The van der Waals surface area contributed by atoms with Crippen molar-refractivity contribution in [3.05, 3.63) is 65.2 Å². The van der Waals surface area contributed by atoms with Crippen LogP contribution >= 0.6 is 0 Å². The highest BCUT2D eigenvalue weighted by Crippen LogP contribution is 2.29. The summed E-state index contributed by atoms with van der Waals surface area (Å²) < 4.78 is 37.6. The first-order valence-electron chi connectivity index (χ1n) is 7.42. The first kappa shape index (κ1) is 18.5. The number of carbonyl (C=O) groups is 1. The van der Waals surface area contributed by atoms with E-state index in [1.165, 1.54) is 12.1 Å². The lowest BCUT2D eigenvalue weighted by atomic mass is 10.1. The predicted molar refractivity (Wildman–Crippen MR) is 87.6 cm³/mol. The highest BCUT2D eigenvalue weighted by atomic mass is 19.4. The van der Waals surface area contributed by atoms with Gasteiger partial charge in [0.2, 0.25) is 5.91 Å². The number of hydrogen-bond donors (Lipinski definition) is 1. The Labute approximate surface area is 143 Å². The minimum atomic E-state index is -4.36. The van der Waals surface area contributed by atoms with E-state index in [2.05, 4.69) is 5.32 Å². The van der Waals surface area contributed by atoms with Gasteiger partial charge < -0.3 is 5.32 Å². The Bertz CT molecular complexity index is 779. The van der Waals surface area contributed by atoms with Crippen LogP contribution in [0, 0.1) is 11.3 Å². The number of carbonyl (C=O) groups excluding carboxylic acids is 1. The minimum absolute atomic E-state index is 0.0673. The van der Waals surface area contributed by atoms with E-state index in [1.807, 2.05) is 6.07 Å². The van der Waals surface area contributed by atoms with Crippen LogP contribution in [0.5, 0.6) is 0 Å². The van der Waals surface area contributed by atoms with E-state index in [4.69, 9.17) is 5.26 Å². The molecule has 1 amide bonds. The molecule has 130 valence electrons. The van der Waals surface area contributed by atoms with Gasteiger partial charge in [-0.05, 0) is 42.9 Å². The van der Waals surface area contributed by atoms with Gasteiger partial charge in [-0.15, -0.1) is 0 Å². The molecule has 0 aliphatic carbocycles. The van der Waals surface area contributed by atoms with E-state index in [0.717, 1.165) is 12.1 Å². The number of halogens is 3. The van der Waals surface area contributed by atoms with Crippen LogP contribution in [-0.2, 0) is 17.5 Å². The molecule has 0 unspecified atom stereocenters. The molecule has 25 heavy (non-hydrogen) atoms. The van der Waals surface area contributed by atoms with Crippen LogP contribution in [0.25, 0.3) is 0 Å². The predicted octanol–water partition coefficient (Wildman–Crippen LogP) is 3.65. The number of nitriles is 1. The standard InChI is InChI=1S/C18H16F3N3O/c1-24(11-13-5-7-15(8-6-13)18(19,20)21)12-17(25)23-16-4-2-3-14(9-16)10-22/h2-9H,11-12H2,1H3,(H,23,25). The van der Waals surface area contributed by atoms with Gasteiger partial charge in [-0.1, -0.05) is 18.2 Å². The van der Waals surface area contributed by atoms with Crippen molar-refractivity contribution in [1.82, 2.24) is 4.90 Å². The molecule has 0 aromatic heterocycles. The zero-order chi connectivity index (χ0) is 18.4. The average molecular weight is 347 g/mol. The molecule has 0 saturated carbocycles. The van der Waals surface area contributed by atoms with Crippen molar-refractivity contribution in [2.75, 3.05) is 18.9 Å². The number of alkyl halides is 3. The molecule has 0 radical (unpaired) electrons. The van der Waals surface area contributed by atoms with Crippen LogP contribution in [0.15, 0.2) is 48.5 Å². The number of benzene rings is 2. The van der Waals surface area contributed by atoms with Gasteiger partial charge in [0.1, 0.15) is 0 Å². The van der Waals surface area contributed by atoms with Crippen molar-refractivity contribution >= 4 is 11.6 Å². The third kappa shape index (κ3) is 5.62. The first-order chi connectivity index (χ1) is 11.8. The van der Waals surface area contributed by atoms with E-state index in [1.54, 1.807) is 36.2 Å². The van der Waals surface area contributed by atoms with Gasteiger partial charge >= 0.3 is 6.18 Å². The Morgan fingerprint density at radius 1 is 1.20 bits per heavy atom. The summed E-state index contributed by atoms with van der Waals surface area (Å²) in [5, 5.41) is 11.5. The summed E-state index contributed by atoms with van der Waals surface area (Å²) >= 11 is 0. The van der Waals surface area contributed by atoms with Crippen LogP contribution in [0.4, 0.5) is 18.9 Å². The van der Waals surface area contributed by atoms with E-state index in [0.29, 0.717) is 23.4 Å².